The van der Waals surface area contributed by atoms with Gasteiger partial charge < -0.3 is 9.09 Å². The molecule has 1 aliphatic heterocycles. The van der Waals surface area contributed by atoms with Crippen molar-refractivity contribution in [3.8, 4) is 11.3 Å². The highest BCUT2D eigenvalue weighted by atomic mass is 16.5. The second kappa shape index (κ2) is 11.1. The Kier molecular flexibility index (Phi) is 7.64. The fraction of sp³-hybridized carbons (Fsp3) is 0.424. The number of benzene rings is 2. The third kappa shape index (κ3) is 5.38. The number of Topliss-reactive ketones (excluding diaryl/α,β-unsaturated/α-hetero) is 2. The number of ketones is 2. The SMILES string of the molecule is CCC1CCCCn2c(cc3ccc(C(=O)CC(C)CC(C)c4cc(-c5ccc(C)cc5)no4)cc32)C1=O. The average molecular weight is 511 g/mol. The molecule has 198 valence electrons. The molecule has 4 aromatic rings. The molecule has 3 atom stereocenters. The van der Waals surface area contributed by atoms with Crippen molar-refractivity contribution in [1.82, 2.24) is 9.72 Å². The fourth-order valence-corrected chi connectivity index (χ4v) is 5.88. The molecule has 1 aliphatic rings. The Hall–Kier alpha value is -3.47. The van der Waals surface area contributed by atoms with Crippen LogP contribution in [-0.2, 0) is 6.54 Å². The van der Waals surface area contributed by atoms with Gasteiger partial charge in [-0.15, -0.1) is 0 Å². The van der Waals surface area contributed by atoms with Crippen LogP contribution < -0.4 is 0 Å². The highest BCUT2D eigenvalue weighted by Gasteiger charge is 2.25. The molecular weight excluding hydrogens is 472 g/mol. The minimum absolute atomic E-state index is 0.0969. The molecule has 0 spiro atoms. The van der Waals surface area contributed by atoms with E-state index in [0.29, 0.717) is 6.42 Å². The van der Waals surface area contributed by atoms with Crippen LogP contribution in [0.3, 0.4) is 0 Å². The summed E-state index contributed by atoms with van der Waals surface area (Å²) >= 11 is 0. The van der Waals surface area contributed by atoms with Gasteiger partial charge in [0.15, 0.2) is 11.6 Å². The molecule has 5 rings (SSSR count). The largest absolute Gasteiger partial charge is 0.361 e. The van der Waals surface area contributed by atoms with E-state index in [1.54, 1.807) is 0 Å². The standard InChI is InChI=1S/C33H38N2O3/c1-5-24-8-6-7-15-35-29-19-27(14-13-26(29)18-30(35)33(24)37)31(36)17-22(3)16-23(4)32-20-28(34-38-32)25-11-9-21(2)10-12-25/h9-14,18-20,22-24H,5-8,15-17H2,1-4H3. The molecule has 5 heteroatoms. The fourth-order valence-electron chi connectivity index (χ4n) is 5.88. The van der Waals surface area contributed by atoms with Gasteiger partial charge in [-0.2, -0.15) is 0 Å². The maximum Gasteiger partial charge on any atom is 0.182 e. The van der Waals surface area contributed by atoms with Crippen LogP contribution in [-0.4, -0.2) is 21.3 Å². The van der Waals surface area contributed by atoms with Crippen LogP contribution in [0.15, 0.2) is 59.1 Å². The second-order valence-corrected chi connectivity index (χ2v) is 11.3. The molecule has 0 N–H and O–H groups in total. The molecular formula is C33H38N2O3. The van der Waals surface area contributed by atoms with Gasteiger partial charge in [0.1, 0.15) is 11.5 Å². The Morgan fingerprint density at radius 1 is 1.08 bits per heavy atom. The predicted octanol–water partition coefficient (Wildman–Crippen LogP) is 8.40. The highest BCUT2D eigenvalue weighted by molar-refractivity contribution is 6.04. The zero-order valence-electron chi connectivity index (χ0n) is 23.0. The van der Waals surface area contributed by atoms with Crippen molar-refractivity contribution in [1.29, 1.82) is 0 Å². The predicted molar refractivity (Wildman–Crippen MR) is 152 cm³/mol. The zero-order chi connectivity index (χ0) is 26.8. The number of nitrogens with zero attached hydrogens (tertiary/aromatic N) is 2. The first-order valence-corrected chi connectivity index (χ1v) is 14.1. The van der Waals surface area contributed by atoms with E-state index < -0.39 is 0 Å². The van der Waals surface area contributed by atoms with E-state index in [4.69, 9.17) is 4.52 Å². The molecule has 2 aromatic heterocycles. The van der Waals surface area contributed by atoms with Crippen molar-refractivity contribution < 1.29 is 14.1 Å². The van der Waals surface area contributed by atoms with Crippen LogP contribution in [0.2, 0.25) is 0 Å². The highest BCUT2D eigenvalue weighted by Crippen LogP contribution is 2.31. The summed E-state index contributed by atoms with van der Waals surface area (Å²) in [6.07, 6.45) is 5.28. The van der Waals surface area contributed by atoms with Gasteiger partial charge in [-0.05, 0) is 50.7 Å². The lowest BCUT2D eigenvalue weighted by atomic mass is 9.90. The summed E-state index contributed by atoms with van der Waals surface area (Å²) < 4.78 is 7.82. The Morgan fingerprint density at radius 3 is 2.63 bits per heavy atom. The summed E-state index contributed by atoms with van der Waals surface area (Å²) in [5.74, 6) is 1.69. The molecule has 0 amide bonds. The Bertz CT molecular complexity index is 1440. The first kappa shape index (κ1) is 26.1. The molecule has 3 heterocycles. The van der Waals surface area contributed by atoms with Crippen molar-refractivity contribution >= 4 is 22.5 Å². The van der Waals surface area contributed by atoms with Gasteiger partial charge in [-0.3, -0.25) is 9.59 Å². The van der Waals surface area contributed by atoms with E-state index in [0.717, 1.165) is 77.8 Å². The van der Waals surface area contributed by atoms with E-state index >= 15 is 0 Å². The lowest BCUT2D eigenvalue weighted by molar-refractivity contribution is 0.0891. The summed E-state index contributed by atoms with van der Waals surface area (Å²) in [7, 11) is 0. The maximum atomic E-state index is 13.3. The number of aromatic nitrogens is 2. The number of aryl methyl sites for hydroxylation is 2. The van der Waals surface area contributed by atoms with E-state index in [1.807, 2.05) is 30.3 Å². The Morgan fingerprint density at radius 2 is 1.87 bits per heavy atom. The minimum atomic E-state index is 0.0969. The molecule has 3 unspecified atom stereocenters. The van der Waals surface area contributed by atoms with Crippen LogP contribution in [0.4, 0.5) is 0 Å². The van der Waals surface area contributed by atoms with Crippen LogP contribution in [0.5, 0.6) is 0 Å². The third-order valence-corrected chi connectivity index (χ3v) is 8.18. The van der Waals surface area contributed by atoms with E-state index in [2.05, 4.69) is 61.7 Å². The van der Waals surface area contributed by atoms with Gasteiger partial charge in [0.2, 0.25) is 0 Å². The van der Waals surface area contributed by atoms with Crippen molar-refractivity contribution in [2.75, 3.05) is 0 Å². The number of fused-ring (bicyclic) bond motifs is 3. The average Bonchev–Trinajstić information content (AvgIpc) is 3.53. The van der Waals surface area contributed by atoms with Gasteiger partial charge in [0.25, 0.3) is 0 Å². The first-order valence-electron chi connectivity index (χ1n) is 14.1. The summed E-state index contributed by atoms with van der Waals surface area (Å²) in [4.78, 5) is 26.5. The van der Waals surface area contributed by atoms with Crippen molar-refractivity contribution in [2.45, 2.75) is 78.7 Å². The van der Waals surface area contributed by atoms with E-state index in [-0.39, 0.29) is 29.3 Å². The topological polar surface area (TPSA) is 65.1 Å². The Balaban J connectivity index is 1.27. The van der Waals surface area contributed by atoms with Gasteiger partial charge >= 0.3 is 0 Å². The van der Waals surface area contributed by atoms with Crippen molar-refractivity contribution in [3.63, 3.8) is 0 Å². The minimum Gasteiger partial charge on any atom is -0.361 e. The van der Waals surface area contributed by atoms with Crippen LogP contribution in [0.25, 0.3) is 22.2 Å². The second-order valence-electron chi connectivity index (χ2n) is 11.3. The summed E-state index contributed by atoms with van der Waals surface area (Å²) in [6, 6.07) is 18.2. The number of carbonyl (C=O) groups is 2. The molecule has 5 nitrogen and oxygen atoms in total. The normalized spacial score (nSPS) is 17.6. The first-order chi connectivity index (χ1) is 18.3. The zero-order valence-corrected chi connectivity index (χ0v) is 23.0. The monoisotopic (exact) mass is 510 g/mol. The van der Waals surface area contributed by atoms with Crippen LogP contribution in [0, 0.1) is 18.8 Å². The smallest absolute Gasteiger partial charge is 0.182 e. The maximum absolute atomic E-state index is 13.3. The lowest BCUT2D eigenvalue weighted by Crippen LogP contribution is -2.21. The summed E-state index contributed by atoms with van der Waals surface area (Å²) in [6.45, 7) is 9.25. The summed E-state index contributed by atoms with van der Waals surface area (Å²) in [5, 5.41) is 5.31. The molecule has 0 radical (unpaired) electrons. The molecule has 0 saturated heterocycles. The molecule has 2 aromatic carbocycles. The Labute approximate surface area is 225 Å². The molecule has 0 saturated carbocycles. The number of hydrogen-bond donors (Lipinski definition) is 0. The third-order valence-electron chi connectivity index (χ3n) is 8.18. The molecule has 0 fully saturated rings. The number of rotatable bonds is 8. The van der Waals surface area contributed by atoms with Crippen molar-refractivity contribution in [3.05, 3.63) is 77.2 Å². The van der Waals surface area contributed by atoms with Gasteiger partial charge in [0, 0.05) is 52.9 Å². The van der Waals surface area contributed by atoms with Crippen molar-refractivity contribution in [2.24, 2.45) is 11.8 Å². The quantitative estimate of drug-likeness (QED) is 0.223. The van der Waals surface area contributed by atoms with E-state index in [9.17, 15) is 9.59 Å². The number of hydrogen-bond acceptors (Lipinski definition) is 4. The van der Waals surface area contributed by atoms with Gasteiger partial charge in [-0.25, -0.2) is 0 Å². The number of carbonyl (C=O) groups excluding carboxylic acids is 2. The van der Waals surface area contributed by atoms with Crippen LogP contribution in [0.1, 0.15) is 97.4 Å². The van der Waals surface area contributed by atoms with Crippen LogP contribution >= 0.6 is 0 Å². The molecule has 0 bridgehead atoms. The van der Waals surface area contributed by atoms with E-state index in [1.165, 1.54) is 5.56 Å². The molecule has 0 aliphatic carbocycles. The van der Waals surface area contributed by atoms with Gasteiger partial charge in [-0.1, -0.05) is 74.3 Å². The lowest BCUT2D eigenvalue weighted by Gasteiger charge is -2.20. The summed E-state index contributed by atoms with van der Waals surface area (Å²) in [5.41, 5.74) is 5.63. The molecule has 38 heavy (non-hydrogen) atoms. The van der Waals surface area contributed by atoms with Gasteiger partial charge in [0.05, 0.1) is 5.69 Å².